The largest absolute Gasteiger partial charge is 0.488 e. The Kier molecular flexibility index (Phi) is 2.49. The van der Waals surface area contributed by atoms with Crippen LogP contribution in [0, 0.1) is 13.0 Å². The maximum atomic E-state index is 5.35. The summed E-state index contributed by atoms with van der Waals surface area (Å²) in [6, 6.07) is 10.7. The van der Waals surface area contributed by atoms with Crippen molar-refractivity contribution in [1.29, 1.82) is 0 Å². The molecular formula is C9H7ORe-. The topological polar surface area (TPSA) is 13.1 Å². The van der Waals surface area contributed by atoms with Gasteiger partial charge in [0.05, 0.1) is 5.76 Å². The van der Waals surface area contributed by atoms with Gasteiger partial charge in [0.25, 0.3) is 0 Å². The van der Waals surface area contributed by atoms with Crippen LogP contribution in [0.2, 0.25) is 0 Å². The average molecular weight is 317 g/mol. The molecule has 57 valence electrons. The Hall–Kier alpha value is -0.578. The first-order chi connectivity index (χ1) is 4.86. The molecule has 0 fully saturated rings. The molecule has 2 aromatic rings. The predicted octanol–water partition coefficient (Wildman–Crippen LogP) is 2.54. The van der Waals surface area contributed by atoms with Crippen LogP contribution in [0.25, 0.3) is 11.0 Å². The second-order valence-corrected chi connectivity index (χ2v) is 2.32. The van der Waals surface area contributed by atoms with Gasteiger partial charge in [0.2, 0.25) is 0 Å². The van der Waals surface area contributed by atoms with Crippen molar-refractivity contribution in [2.45, 2.75) is 6.92 Å². The number of fused-ring (bicyclic) bond motifs is 1. The Morgan fingerprint density at radius 1 is 1.45 bits per heavy atom. The Balaban J connectivity index is 0.000000605. The molecule has 0 amide bonds. The van der Waals surface area contributed by atoms with Gasteiger partial charge in [-0.05, 0) is 6.92 Å². The molecule has 0 unspecified atom stereocenters. The van der Waals surface area contributed by atoms with Gasteiger partial charge in [0.1, 0.15) is 0 Å². The van der Waals surface area contributed by atoms with Crippen molar-refractivity contribution in [2.75, 3.05) is 0 Å². The summed E-state index contributed by atoms with van der Waals surface area (Å²) in [6.45, 7) is 1.94. The van der Waals surface area contributed by atoms with Gasteiger partial charge >= 0.3 is 0 Å². The van der Waals surface area contributed by atoms with Crippen LogP contribution in [-0.4, -0.2) is 0 Å². The van der Waals surface area contributed by atoms with Gasteiger partial charge in [-0.2, -0.15) is 18.2 Å². The summed E-state index contributed by atoms with van der Waals surface area (Å²) in [5.41, 5.74) is 0.941. The van der Waals surface area contributed by atoms with Crippen LogP contribution in [0.1, 0.15) is 5.76 Å². The molecule has 1 heterocycles. The van der Waals surface area contributed by atoms with Crippen molar-refractivity contribution in [3.8, 4) is 0 Å². The van der Waals surface area contributed by atoms with E-state index in [1.807, 2.05) is 31.2 Å². The van der Waals surface area contributed by atoms with E-state index < -0.39 is 0 Å². The van der Waals surface area contributed by atoms with E-state index in [-0.39, 0.29) is 20.4 Å². The van der Waals surface area contributed by atoms with Crippen LogP contribution in [0.5, 0.6) is 0 Å². The van der Waals surface area contributed by atoms with Crippen molar-refractivity contribution >= 4 is 11.0 Å². The van der Waals surface area contributed by atoms with Crippen molar-refractivity contribution in [2.24, 2.45) is 0 Å². The molecule has 2 rings (SSSR count). The molecule has 0 saturated heterocycles. The summed E-state index contributed by atoms with van der Waals surface area (Å²) in [5.74, 6) is 0.953. The Labute approximate surface area is 79.1 Å². The molecule has 0 N–H and O–H groups in total. The molecule has 1 radical (unpaired) electrons. The fourth-order valence-electron chi connectivity index (χ4n) is 1.06. The molecule has 0 bridgehead atoms. The first-order valence-electron chi connectivity index (χ1n) is 3.22. The second-order valence-electron chi connectivity index (χ2n) is 2.32. The average Bonchev–Trinajstić information content (AvgIpc) is 2.27. The zero-order valence-electron chi connectivity index (χ0n) is 6.10. The molecule has 1 nitrogen and oxygen atoms in total. The summed E-state index contributed by atoms with van der Waals surface area (Å²) >= 11 is 0. The molecular weight excluding hydrogens is 310 g/mol. The zero-order valence-corrected chi connectivity index (χ0v) is 8.81. The summed E-state index contributed by atoms with van der Waals surface area (Å²) in [7, 11) is 0. The van der Waals surface area contributed by atoms with Crippen molar-refractivity contribution in [3.63, 3.8) is 0 Å². The number of furan rings is 1. The quantitative estimate of drug-likeness (QED) is 0.681. The van der Waals surface area contributed by atoms with Crippen LogP contribution >= 0.6 is 0 Å². The zero-order chi connectivity index (χ0) is 6.97. The number of hydrogen-bond donors (Lipinski definition) is 0. The minimum Gasteiger partial charge on any atom is -0.488 e. The molecule has 0 aliphatic rings. The van der Waals surface area contributed by atoms with E-state index in [0.717, 1.165) is 16.7 Å². The number of aryl methyl sites for hydroxylation is 1. The maximum Gasteiger partial charge on any atom is 0.0865 e. The molecule has 1 aromatic carbocycles. The van der Waals surface area contributed by atoms with E-state index in [4.69, 9.17) is 4.42 Å². The third-order valence-corrected chi connectivity index (χ3v) is 1.48. The first-order valence-corrected chi connectivity index (χ1v) is 3.22. The normalized spacial score (nSPS) is 9.55. The predicted molar refractivity (Wildman–Crippen MR) is 39.8 cm³/mol. The molecule has 2 heteroatoms. The molecule has 0 atom stereocenters. The molecule has 0 aliphatic heterocycles. The molecule has 1 aromatic heterocycles. The second kappa shape index (κ2) is 3.21. The van der Waals surface area contributed by atoms with Gasteiger partial charge in [-0.1, -0.05) is 11.5 Å². The molecule has 11 heavy (non-hydrogen) atoms. The fraction of sp³-hybridized carbons (Fsp3) is 0.111. The van der Waals surface area contributed by atoms with Gasteiger partial charge in [-0.25, -0.2) is 0 Å². The SMILES string of the molecule is Cc1cc2c[c-]ccc2o1.[Re]. The molecule has 0 saturated carbocycles. The Morgan fingerprint density at radius 2 is 2.27 bits per heavy atom. The van der Waals surface area contributed by atoms with Gasteiger partial charge in [0.15, 0.2) is 0 Å². The van der Waals surface area contributed by atoms with E-state index in [0.29, 0.717) is 0 Å². The monoisotopic (exact) mass is 318 g/mol. The van der Waals surface area contributed by atoms with E-state index in [1.54, 1.807) is 0 Å². The minimum absolute atomic E-state index is 0. The third kappa shape index (κ3) is 1.53. The third-order valence-electron chi connectivity index (χ3n) is 1.48. The summed E-state index contributed by atoms with van der Waals surface area (Å²) in [6.07, 6.45) is 0. The summed E-state index contributed by atoms with van der Waals surface area (Å²) in [5, 5.41) is 1.12. The summed E-state index contributed by atoms with van der Waals surface area (Å²) < 4.78 is 5.35. The maximum absolute atomic E-state index is 5.35. The Bertz CT molecular complexity index is 318. The van der Waals surface area contributed by atoms with Crippen LogP contribution in [0.3, 0.4) is 0 Å². The van der Waals surface area contributed by atoms with Crippen LogP contribution < -0.4 is 0 Å². The van der Waals surface area contributed by atoms with Gasteiger partial charge < -0.3 is 4.42 Å². The van der Waals surface area contributed by atoms with Crippen LogP contribution in [0.15, 0.2) is 28.7 Å². The van der Waals surface area contributed by atoms with E-state index in [2.05, 4.69) is 6.07 Å². The van der Waals surface area contributed by atoms with E-state index in [1.165, 1.54) is 0 Å². The smallest absolute Gasteiger partial charge is 0.0865 e. The Morgan fingerprint density at radius 3 is 3.00 bits per heavy atom. The van der Waals surface area contributed by atoms with E-state index >= 15 is 0 Å². The molecule has 0 spiro atoms. The van der Waals surface area contributed by atoms with Crippen molar-refractivity contribution in [3.05, 3.63) is 36.1 Å². The number of rotatable bonds is 0. The summed E-state index contributed by atoms with van der Waals surface area (Å²) in [4.78, 5) is 0. The van der Waals surface area contributed by atoms with E-state index in [9.17, 15) is 0 Å². The van der Waals surface area contributed by atoms with Gasteiger partial charge in [0, 0.05) is 26.0 Å². The minimum atomic E-state index is 0. The van der Waals surface area contributed by atoms with Gasteiger partial charge in [-0.3, -0.25) is 0 Å². The standard InChI is InChI=1S/C9H7O.Re/c1-7-6-8-4-2-3-5-9(8)10-7;/h3-6H,1H3;/q-1;. The fourth-order valence-corrected chi connectivity index (χ4v) is 1.06. The van der Waals surface area contributed by atoms with Crippen molar-refractivity contribution in [1.82, 2.24) is 0 Å². The number of benzene rings is 1. The number of hydrogen-bond acceptors (Lipinski definition) is 1. The van der Waals surface area contributed by atoms with Crippen molar-refractivity contribution < 1.29 is 24.8 Å². The first kappa shape index (κ1) is 8.52. The van der Waals surface area contributed by atoms with Crippen LogP contribution in [-0.2, 0) is 20.4 Å². The molecule has 0 aliphatic carbocycles. The van der Waals surface area contributed by atoms with Gasteiger partial charge in [-0.15, -0.1) is 6.07 Å². The van der Waals surface area contributed by atoms with Crippen LogP contribution in [0.4, 0.5) is 0 Å².